The molecule has 0 aromatic heterocycles. The standard InChI is InChI=1S/C63H111N3O3/c1-55(2,3)40-31-43(58(10,11)12)49(44(32-40)59(13,14)15)64-52(67)37-28-38(53(68)65-50-45(60(16,17)18)33-41(56(4,5)6)34-46(50)61(19,20)21)30-39(29-37)54(69)66-51-47(62(22,23)24)35-42(57(7,8)9)36-48(51)63(25,26)27/h28-30,40-51H,31-36H2,1-27H3,(H,64,67)(H,65,68)(H,66,69). The largest absolute Gasteiger partial charge is 0.349 e. The van der Waals surface area contributed by atoms with E-state index in [4.69, 9.17) is 0 Å². The molecule has 3 aliphatic rings. The third-order valence-corrected chi connectivity index (χ3v) is 18.8. The molecule has 6 unspecified atom stereocenters. The predicted octanol–water partition coefficient (Wildman–Crippen LogP) is 16.3. The summed E-state index contributed by atoms with van der Waals surface area (Å²) in [5.41, 5.74) is 1.18. The van der Waals surface area contributed by atoms with Crippen LogP contribution in [-0.4, -0.2) is 35.8 Å². The van der Waals surface area contributed by atoms with Crippen LogP contribution in [0.2, 0.25) is 0 Å². The van der Waals surface area contributed by atoms with E-state index in [1.54, 1.807) is 18.2 Å². The van der Waals surface area contributed by atoms with E-state index < -0.39 is 0 Å². The first kappa shape index (κ1) is 59.2. The van der Waals surface area contributed by atoms with Crippen LogP contribution >= 0.6 is 0 Å². The second-order valence-corrected chi connectivity index (χ2v) is 33.2. The highest BCUT2D eigenvalue weighted by Gasteiger charge is 2.53. The van der Waals surface area contributed by atoms with Crippen molar-refractivity contribution in [1.29, 1.82) is 0 Å². The topological polar surface area (TPSA) is 87.3 Å². The van der Waals surface area contributed by atoms with Crippen molar-refractivity contribution < 1.29 is 14.4 Å². The molecule has 3 fully saturated rings. The third-order valence-electron chi connectivity index (χ3n) is 18.8. The Kier molecular flexibility index (Phi) is 17.0. The van der Waals surface area contributed by atoms with Crippen molar-refractivity contribution in [2.24, 2.45) is 102 Å². The summed E-state index contributed by atoms with van der Waals surface area (Å²) in [6.07, 6.45) is 6.19. The molecule has 6 atom stereocenters. The third kappa shape index (κ3) is 14.4. The van der Waals surface area contributed by atoms with Gasteiger partial charge < -0.3 is 16.0 Å². The van der Waals surface area contributed by atoms with E-state index in [-0.39, 0.29) is 120 Å². The molecule has 0 bridgehead atoms. The van der Waals surface area contributed by atoms with Gasteiger partial charge in [-0.1, -0.05) is 187 Å². The van der Waals surface area contributed by atoms with Crippen molar-refractivity contribution in [2.75, 3.05) is 0 Å². The van der Waals surface area contributed by atoms with Crippen LogP contribution in [0.4, 0.5) is 0 Å². The van der Waals surface area contributed by atoms with E-state index in [0.29, 0.717) is 34.4 Å². The van der Waals surface area contributed by atoms with Gasteiger partial charge in [0, 0.05) is 34.8 Å². The lowest BCUT2D eigenvalue weighted by Gasteiger charge is -2.54. The lowest BCUT2D eigenvalue weighted by Crippen LogP contribution is -2.57. The lowest BCUT2D eigenvalue weighted by atomic mass is 9.54. The van der Waals surface area contributed by atoms with E-state index in [1.165, 1.54) is 0 Å². The zero-order valence-electron chi connectivity index (χ0n) is 50.1. The fourth-order valence-electron chi connectivity index (χ4n) is 13.7. The first-order valence-corrected chi connectivity index (χ1v) is 27.7. The second-order valence-electron chi connectivity index (χ2n) is 33.2. The summed E-state index contributed by atoms with van der Waals surface area (Å²) in [5.74, 6) is 2.31. The van der Waals surface area contributed by atoms with Crippen molar-refractivity contribution in [3.05, 3.63) is 34.9 Å². The van der Waals surface area contributed by atoms with Gasteiger partial charge in [0.15, 0.2) is 0 Å². The molecule has 0 aliphatic heterocycles. The molecule has 3 amide bonds. The van der Waals surface area contributed by atoms with Gasteiger partial charge >= 0.3 is 0 Å². The molecule has 3 N–H and O–H groups in total. The Morgan fingerprint density at radius 1 is 0.290 bits per heavy atom. The monoisotopic (exact) mass is 958 g/mol. The molecule has 3 saturated carbocycles. The van der Waals surface area contributed by atoms with Gasteiger partial charge in [-0.2, -0.15) is 0 Å². The summed E-state index contributed by atoms with van der Waals surface area (Å²) < 4.78 is 0. The van der Waals surface area contributed by atoms with Crippen LogP contribution < -0.4 is 16.0 Å². The predicted molar refractivity (Wildman–Crippen MR) is 294 cm³/mol. The number of nitrogens with one attached hydrogen (secondary N) is 3. The van der Waals surface area contributed by atoms with Gasteiger partial charge in [-0.3, -0.25) is 14.4 Å². The highest BCUT2D eigenvalue weighted by molar-refractivity contribution is 6.04. The smallest absolute Gasteiger partial charge is 0.251 e. The Hall–Kier alpha value is -2.37. The Morgan fingerprint density at radius 3 is 0.551 bits per heavy atom. The van der Waals surface area contributed by atoms with Gasteiger partial charge in [0.1, 0.15) is 0 Å². The molecule has 0 radical (unpaired) electrons. The number of rotatable bonds is 6. The van der Waals surface area contributed by atoms with Crippen LogP contribution in [0.15, 0.2) is 18.2 Å². The Labute approximate surface area is 426 Å². The average molecular weight is 959 g/mol. The first-order valence-electron chi connectivity index (χ1n) is 27.7. The molecule has 0 saturated heterocycles. The van der Waals surface area contributed by atoms with Crippen molar-refractivity contribution in [3.8, 4) is 0 Å². The van der Waals surface area contributed by atoms with Gasteiger partial charge in [-0.05, 0) is 159 Å². The fraction of sp³-hybridized carbons (Fsp3) is 0.857. The molecule has 6 nitrogen and oxygen atoms in total. The number of amides is 3. The Morgan fingerprint density at radius 2 is 0.435 bits per heavy atom. The highest BCUT2D eigenvalue weighted by Crippen LogP contribution is 2.56. The zero-order chi connectivity index (χ0) is 53.4. The Balaban J connectivity index is 1.91. The molecule has 1 aromatic rings. The quantitative estimate of drug-likeness (QED) is 0.265. The van der Waals surface area contributed by atoms with Crippen molar-refractivity contribution in [2.45, 2.75) is 244 Å². The van der Waals surface area contributed by atoms with E-state index in [1.807, 2.05) is 0 Å². The molecular weight excluding hydrogens is 847 g/mol. The summed E-state index contributed by atoms with van der Waals surface area (Å²) in [6.45, 7) is 63.1. The second kappa shape index (κ2) is 19.8. The van der Waals surface area contributed by atoms with Gasteiger partial charge in [-0.15, -0.1) is 0 Å². The highest BCUT2D eigenvalue weighted by atomic mass is 16.2. The number of carbonyl (C=O) groups is 3. The van der Waals surface area contributed by atoms with Crippen LogP contribution in [0.3, 0.4) is 0 Å². The Bertz CT molecular complexity index is 1640. The average Bonchev–Trinajstić information content (AvgIpc) is 3.13. The maximum atomic E-state index is 15.3. The van der Waals surface area contributed by atoms with Gasteiger partial charge in [-0.25, -0.2) is 0 Å². The van der Waals surface area contributed by atoms with Crippen LogP contribution in [0.5, 0.6) is 0 Å². The molecule has 0 spiro atoms. The number of hydrogen-bond acceptors (Lipinski definition) is 3. The molecule has 1 aromatic carbocycles. The first-order chi connectivity index (χ1) is 30.6. The number of carbonyl (C=O) groups excluding carboxylic acids is 3. The SMILES string of the molecule is CC(C)(C)C1CC(C(C)(C)C)C(NC(=O)c2cc(C(=O)NC3C(C(C)(C)C)CC(C(C)(C)C)CC3C(C)(C)C)cc(C(=O)NC3C(C(C)(C)C)CC(C(C)(C)C)CC3C(C)(C)C)c2)C(C(C)(C)C)C1. The summed E-state index contributed by atoms with van der Waals surface area (Å²) in [7, 11) is 0. The molecule has 4 rings (SSSR count). The molecule has 3 aliphatic carbocycles. The minimum absolute atomic E-state index is 0.0590. The number of hydrogen-bond donors (Lipinski definition) is 3. The van der Waals surface area contributed by atoms with E-state index in [9.17, 15) is 0 Å². The molecular formula is C63H111N3O3. The van der Waals surface area contributed by atoms with Crippen LogP contribution in [-0.2, 0) is 0 Å². The van der Waals surface area contributed by atoms with Crippen LogP contribution in [0, 0.1) is 102 Å². The van der Waals surface area contributed by atoms with E-state index in [2.05, 4.69) is 203 Å². The van der Waals surface area contributed by atoms with Crippen LogP contribution in [0.1, 0.15) is 257 Å². The van der Waals surface area contributed by atoms with Crippen molar-refractivity contribution in [3.63, 3.8) is 0 Å². The van der Waals surface area contributed by atoms with Crippen molar-refractivity contribution in [1.82, 2.24) is 16.0 Å². The lowest BCUT2D eigenvalue weighted by molar-refractivity contribution is -0.0198. The zero-order valence-corrected chi connectivity index (χ0v) is 50.1. The van der Waals surface area contributed by atoms with E-state index >= 15 is 14.4 Å². The molecule has 0 heterocycles. The number of benzene rings is 1. The van der Waals surface area contributed by atoms with E-state index in [0.717, 1.165) is 38.5 Å². The molecule has 69 heavy (non-hydrogen) atoms. The fourth-order valence-corrected chi connectivity index (χ4v) is 13.7. The minimum Gasteiger partial charge on any atom is -0.349 e. The summed E-state index contributed by atoms with van der Waals surface area (Å²) in [6, 6.07) is 5.10. The van der Waals surface area contributed by atoms with Crippen LogP contribution in [0.25, 0.3) is 0 Å². The summed E-state index contributed by atoms with van der Waals surface area (Å²) >= 11 is 0. The van der Waals surface area contributed by atoms with Crippen molar-refractivity contribution >= 4 is 17.7 Å². The van der Waals surface area contributed by atoms with Gasteiger partial charge in [0.25, 0.3) is 17.7 Å². The minimum atomic E-state index is -0.210. The maximum absolute atomic E-state index is 15.3. The maximum Gasteiger partial charge on any atom is 0.251 e. The molecule has 6 heteroatoms. The normalized spacial score (nSPS) is 30.7. The van der Waals surface area contributed by atoms with Gasteiger partial charge in [0.2, 0.25) is 0 Å². The molecule has 396 valence electrons. The summed E-state index contributed by atoms with van der Waals surface area (Å²) in [5, 5.41) is 11.0. The summed E-state index contributed by atoms with van der Waals surface area (Å²) in [4.78, 5) is 45.9. The van der Waals surface area contributed by atoms with Gasteiger partial charge in [0.05, 0.1) is 0 Å².